The smallest absolute Gasteiger partial charge is 0.0727 e. The van der Waals surface area contributed by atoms with Crippen molar-refractivity contribution >= 4 is 70.4 Å². The molecule has 10 aromatic rings. The zero-order valence-corrected chi connectivity index (χ0v) is 28.6. The Kier molecular flexibility index (Phi) is 7.04. The molecule has 0 bridgehead atoms. The Bertz CT molecular complexity index is 2840. The zero-order chi connectivity index (χ0) is 33.7. The van der Waals surface area contributed by atoms with Crippen LogP contribution in [-0.2, 0) is 0 Å². The molecule has 0 aliphatic rings. The Morgan fingerprint density at radius 1 is 0.392 bits per heavy atom. The lowest BCUT2D eigenvalue weighted by Crippen LogP contribution is -2.09. The number of anilines is 3. The van der Waals surface area contributed by atoms with Crippen LogP contribution in [0.3, 0.4) is 0 Å². The number of thiophene rings is 1. The van der Waals surface area contributed by atoms with Gasteiger partial charge in [0.05, 0.1) is 15.7 Å². The highest BCUT2D eigenvalue weighted by molar-refractivity contribution is 7.27. The predicted molar refractivity (Wildman–Crippen MR) is 219 cm³/mol. The van der Waals surface area contributed by atoms with Crippen LogP contribution in [0.2, 0.25) is 0 Å². The number of nitrogens with zero attached hydrogens (tertiary/aromatic N) is 2. The van der Waals surface area contributed by atoms with Gasteiger partial charge >= 0.3 is 0 Å². The van der Waals surface area contributed by atoms with Gasteiger partial charge in [-0.3, -0.25) is 0 Å². The van der Waals surface area contributed by atoms with E-state index in [4.69, 9.17) is 0 Å². The van der Waals surface area contributed by atoms with Crippen molar-refractivity contribution in [1.29, 1.82) is 0 Å². The van der Waals surface area contributed by atoms with Crippen molar-refractivity contribution in [2.24, 2.45) is 0 Å². The van der Waals surface area contributed by atoms with E-state index in [1.165, 1.54) is 69.9 Å². The molecule has 0 saturated carbocycles. The van der Waals surface area contributed by atoms with Crippen LogP contribution >= 0.6 is 11.3 Å². The van der Waals surface area contributed by atoms with E-state index in [1.54, 1.807) is 0 Å². The monoisotopic (exact) mass is 668 g/mol. The maximum atomic E-state index is 2.43. The second kappa shape index (κ2) is 12.2. The molecule has 240 valence electrons. The molecular formula is C48H32N2S. The summed E-state index contributed by atoms with van der Waals surface area (Å²) in [5.74, 6) is 0. The van der Waals surface area contributed by atoms with Crippen LogP contribution in [0.1, 0.15) is 0 Å². The Morgan fingerprint density at radius 2 is 1.00 bits per heavy atom. The van der Waals surface area contributed by atoms with Gasteiger partial charge in [-0.1, -0.05) is 140 Å². The third-order valence-corrected chi connectivity index (χ3v) is 11.2. The summed E-state index contributed by atoms with van der Waals surface area (Å²) in [5.41, 5.74) is 12.0. The van der Waals surface area contributed by atoms with Gasteiger partial charge in [0.2, 0.25) is 0 Å². The van der Waals surface area contributed by atoms with Gasteiger partial charge in [0, 0.05) is 38.2 Å². The Labute approximate surface area is 300 Å². The summed E-state index contributed by atoms with van der Waals surface area (Å²) in [6, 6.07) is 70.1. The van der Waals surface area contributed by atoms with Gasteiger partial charge in [0.25, 0.3) is 0 Å². The first-order valence-corrected chi connectivity index (χ1v) is 18.2. The highest BCUT2D eigenvalue weighted by Gasteiger charge is 2.20. The topological polar surface area (TPSA) is 8.17 Å². The number of fused-ring (bicyclic) bond motifs is 6. The van der Waals surface area contributed by atoms with Gasteiger partial charge in [-0.05, 0) is 87.6 Å². The molecule has 3 heteroatoms. The molecule has 0 unspecified atom stereocenters. The molecule has 2 aromatic heterocycles. The lowest BCUT2D eigenvalue weighted by molar-refractivity contribution is 1.19. The summed E-state index contributed by atoms with van der Waals surface area (Å²) >= 11 is 1.90. The molecule has 0 atom stereocenters. The van der Waals surface area contributed by atoms with Crippen molar-refractivity contribution in [3.05, 3.63) is 194 Å². The third kappa shape index (κ3) is 4.93. The number of para-hydroxylation sites is 3. The third-order valence-electron chi connectivity index (χ3n) is 9.97. The summed E-state index contributed by atoms with van der Waals surface area (Å²) in [4.78, 5) is 2.36. The van der Waals surface area contributed by atoms with E-state index >= 15 is 0 Å². The summed E-state index contributed by atoms with van der Waals surface area (Å²) in [7, 11) is 0. The van der Waals surface area contributed by atoms with E-state index in [-0.39, 0.29) is 0 Å². The van der Waals surface area contributed by atoms with Crippen LogP contribution in [0, 0.1) is 0 Å². The number of hydrogen-bond donors (Lipinski definition) is 0. The molecule has 0 spiro atoms. The number of hydrogen-bond acceptors (Lipinski definition) is 2. The fourth-order valence-corrected chi connectivity index (χ4v) is 9.02. The van der Waals surface area contributed by atoms with Crippen molar-refractivity contribution in [2.75, 3.05) is 4.90 Å². The molecule has 0 aliphatic heterocycles. The van der Waals surface area contributed by atoms with Crippen molar-refractivity contribution in [3.8, 4) is 27.9 Å². The second-order valence-corrected chi connectivity index (χ2v) is 14.0. The van der Waals surface area contributed by atoms with Crippen molar-refractivity contribution in [1.82, 2.24) is 4.57 Å². The van der Waals surface area contributed by atoms with Gasteiger partial charge in [-0.15, -0.1) is 11.3 Å². The average molecular weight is 669 g/mol. The van der Waals surface area contributed by atoms with Crippen LogP contribution < -0.4 is 4.90 Å². The van der Waals surface area contributed by atoms with Gasteiger partial charge in [-0.25, -0.2) is 0 Å². The van der Waals surface area contributed by atoms with Gasteiger partial charge in [0.15, 0.2) is 0 Å². The van der Waals surface area contributed by atoms with Crippen LogP contribution in [0.25, 0.3) is 69.9 Å². The number of rotatable bonds is 6. The van der Waals surface area contributed by atoms with Gasteiger partial charge < -0.3 is 9.47 Å². The molecule has 8 aromatic carbocycles. The maximum absolute atomic E-state index is 2.43. The second-order valence-electron chi connectivity index (χ2n) is 12.9. The minimum absolute atomic E-state index is 1.12. The Morgan fingerprint density at radius 3 is 1.84 bits per heavy atom. The molecule has 0 fully saturated rings. The van der Waals surface area contributed by atoms with E-state index in [0.717, 1.165) is 17.1 Å². The van der Waals surface area contributed by atoms with Crippen molar-refractivity contribution in [2.45, 2.75) is 0 Å². The lowest BCUT2D eigenvalue weighted by Gasteiger charge is -2.26. The summed E-state index contributed by atoms with van der Waals surface area (Å²) < 4.78 is 5.06. The average Bonchev–Trinajstić information content (AvgIpc) is 3.74. The quantitative estimate of drug-likeness (QED) is 0.171. The Balaban J connectivity index is 1.11. The van der Waals surface area contributed by atoms with Crippen LogP contribution in [0.15, 0.2) is 194 Å². The van der Waals surface area contributed by atoms with E-state index in [0.29, 0.717) is 0 Å². The molecule has 0 amide bonds. The molecule has 51 heavy (non-hydrogen) atoms. The van der Waals surface area contributed by atoms with E-state index in [2.05, 4.69) is 204 Å². The van der Waals surface area contributed by atoms with Crippen LogP contribution in [-0.4, -0.2) is 4.57 Å². The van der Waals surface area contributed by atoms with Crippen LogP contribution in [0.5, 0.6) is 0 Å². The minimum Gasteiger partial charge on any atom is -0.310 e. The SMILES string of the molecule is c1ccc(N(c2ccc(-c3cccc4ccccc34)cc2)c2cccc(-c3cccc4c3sc3c5ccccc5n(-c5ccccc5)c43)c2)cc1. The maximum Gasteiger partial charge on any atom is 0.0727 e. The highest BCUT2D eigenvalue weighted by Crippen LogP contribution is 2.46. The minimum atomic E-state index is 1.12. The highest BCUT2D eigenvalue weighted by atomic mass is 32.1. The van der Waals surface area contributed by atoms with Gasteiger partial charge in [-0.2, -0.15) is 0 Å². The standard InChI is InChI=1S/C48H32N2S/c1-3-17-36(18-4-1)49(38-30-28-34(29-31-38)41-24-12-15-33-14-7-8-22-40(33)41)39-21-11-16-35(32-39)42-25-13-26-44-46-48(51-47(42)44)43-23-9-10-27-45(43)50(46)37-19-5-2-6-20-37/h1-32H. The molecule has 2 nitrogen and oxygen atoms in total. The zero-order valence-electron chi connectivity index (χ0n) is 27.8. The molecule has 2 heterocycles. The predicted octanol–water partition coefficient (Wildman–Crippen LogP) is 14.0. The fourth-order valence-electron chi connectivity index (χ4n) is 7.67. The van der Waals surface area contributed by atoms with Crippen molar-refractivity contribution < 1.29 is 0 Å². The first-order valence-electron chi connectivity index (χ1n) is 17.4. The van der Waals surface area contributed by atoms with E-state index in [1.807, 2.05) is 11.3 Å². The summed E-state index contributed by atoms with van der Waals surface area (Å²) in [5, 5.41) is 5.09. The molecule has 10 rings (SSSR count). The number of benzene rings is 8. The first-order chi connectivity index (χ1) is 25.3. The molecule has 0 aliphatic carbocycles. The Hall–Kier alpha value is -6.42. The lowest BCUT2D eigenvalue weighted by atomic mass is 9.98. The number of aromatic nitrogens is 1. The van der Waals surface area contributed by atoms with Gasteiger partial charge in [0.1, 0.15) is 0 Å². The van der Waals surface area contributed by atoms with E-state index < -0.39 is 0 Å². The molecule has 0 N–H and O–H groups in total. The fraction of sp³-hybridized carbons (Fsp3) is 0. The first kappa shape index (κ1) is 29.5. The molecule has 0 saturated heterocycles. The molecular weight excluding hydrogens is 637 g/mol. The largest absolute Gasteiger partial charge is 0.310 e. The van der Waals surface area contributed by atoms with E-state index in [9.17, 15) is 0 Å². The summed E-state index contributed by atoms with van der Waals surface area (Å²) in [6.45, 7) is 0. The normalized spacial score (nSPS) is 11.5. The van der Waals surface area contributed by atoms with Crippen LogP contribution in [0.4, 0.5) is 17.1 Å². The summed E-state index contributed by atoms with van der Waals surface area (Å²) in [6.07, 6.45) is 0. The van der Waals surface area contributed by atoms with Crippen molar-refractivity contribution in [3.63, 3.8) is 0 Å². The molecule has 0 radical (unpaired) electrons.